The number of H-pyrrole nitrogens is 1. The molecule has 1 atom stereocenters. The number of carbonyl (C=O) groups is 1. The second kappa shape index (κ2) is 11.7. The third kappa shape index (κ3) is 5.70. The van der Waals surface area contributed by atoms with Gasteiger partial charge in [-0.3, -0.25) is 9.79 Å². The number of tetrazole rings is 1. The van der Waals surface area contributed by atoms with Crippen molar-refractivity contribution in [2.45, 2.75) is 59.7 Å². The fourth-order valence-corrected chi connectivity index (χ4v) is 4.66. The van der Waals surface area contributed by atoms with E-state index in [-0.39, 0.29) is 12.1 Å². The lowest BCUT2D eigenvalue weighted by Gasteiger charge is -2.33. The standard InChI is InChI=1S/C28H35N7O/c1-5-26-29-20(4)23(16-17-27(36)34(6-2)7-3)19-35(26)18-21-12-14-22(15-13-21)24-10-8-9-11-25(24)28-30-32-33-31-28/h8-15,19,26H,5-7,16-18H2,1-4H3,(H,30,31,32,33). The van der Waals surface area contributed by atoms with Crippen LogP contribution in [0.3, 0.4) is 0 Å². The molecule has 0 fully saturated rings. The number of aromatic nitrogens is 4. The van der Waals surface area contributed by atoms with Crippen molar-refractivity contribution < 1.29 is 4.79 Å². The lowest BCUT2D eigenvalue weighted by atomic mass is 9.98. The van der Waals surface area contributed by atoms with E-state index in [1.165, 1.54) is 5.56 Å². The lowest BCUT2D eigenvalue weighted by Crippen LogP contribution is -2.34. The van der Waals surface area contributed by atoms with Crippen molar-refractivity contribution in [3.8, 4) is 22.5 Å². The van der Waals surface area contributed by atoms with E-state index in [2.05, 4.69) is 75.9 Å². The highest BCUT2D eigenvalue weighted by Crippen LogP contribution is 2.30. The third-order valence-electron chi connectivity index (χ3n) is 6.74. The molecule has 0 radical (unpaired) electrons. The van der Waals surface area contributed by atoms with Crippen LogP contribution in [0.25, 0.3) is 22.5 Å². The van der Waals surface area contributed by atoms with E-state index in [0.717, 1.165) is 54.0 Å². The van der Waals surface area contributed by atoms with Crippen LogP contribution in [-0.4, -0.2) is 61.3 Å². The molecule has 8 heteroatoms. The van der Waals surface area contributed by atoms with E-state index in [0.29, 0.717) is 18.7 Å². The first-order chi connectivity index (χ1) is 17.5. The summed E-state index contributed by atoms with van der Waals surface area (Å²) in [5.41, 5.74) is 6.50. The molecule has 1 aromatic heterocycles. The van der Waals surface area contributed by atoms with Crippen LogP contribution in [0.2, 0.25) is 0 Å². The molecule has 0 saturated carbocycles. The SMILES string of the molecule is CCC1N=C(C)C(CCC(=O)N(CC)CC)=CN1Cc1ccc(-c2ccccc2-c2nn[nH]n2)cc1. The maximum absolute atomic E-state index is 12.5. The molecule has 188 valence electrons. The lowest BCUT2D eigenvalue weighted by molar-refractivity contribution is -0.130. The molecule has 8 nitrogen and oxygen atoms in total. The van der Waals surface area contributed by atoms with Gasteiger partial charge in [-0.05, 0) is 61.1 Å². The van der Waals surface area contributed by atoms with Gasteiger partial charge in [-0.25, -0.2) is 0 Å². The van der Waals surface area contributed by atoms with Crippen molar-refractivity contribution in [2.75, 3.05) is 13.1 Å². The van der Waals surface area contributed by atoms with E-state index in [1.54, 1.807) is 0 Å². The van der Waals surface area contributed by atoms with Gasteiger partial charge in [-0.2, -0.15) is 5.21 Å². The van der Waals surface area contributed by atoms with Crippen LogP contribution in [0.4, 0.5) is 0 Å². The van der Waals surface area contributed by atoms with Crippen molar-refractivity contribution >= 4 is 11.6 Å². The Morgan fingerprint density at radius 3 is 2.39 bits per heavy atom. The molecule has 0 bridgehead atoms. The predicted molar refractivity (Wildman–Crippen MR) is 143 cm³/mol. The minimum absolute atomic E-state index is 0.103. The van der Waals surface area contributed by atoms with Crippen molar-refractivity contribution in [2.24, 2.45) is 4.99 Å². The predicted octanol–water partition coefficient (Wildman–Crippen LogP) is 5.08. The number of allylic oxidation sites excluding steroid dienone is 1. The minimum Gasteiger partial charge on any atom is -0.351 e. The quantitative estimate of drug-likeness (QED) is 0.433. The van der Waals surface area contributed by atoms with Crippen LogP contribution in [-0.2, 0) is 11.3 Å². The third-order valence-corrected chi connectivity index (χ3v) is 6.74. The van der Waals surface area contributed by atoms with Gasteiger partial charge in [0.1, 0.15) is 6.17 Å². The van der Waals surface area contributed by atoms with Crippen LogP contribution < -0.4 is 0 Å². The molecule has 2 heterocycles. The summed E-state index contributed by atoms with van der Waals surface area (Å²) in [5.74, 6) is 0.786. The van der Waals surface area contributed by atoms with Gasteiger partial charge in [-0.15, -0.1) is 10.2 Å². The maximum atomic E-state index is 12.5. The number of hydrogen-bond donors (Lipinski definition) is 1. The summed E-state index contributed by atoms with van der Waals surface area (Å²) in [6, 6.07) is 16.7. The zero-order chi connectivity index (χ0) is 25.5. The number of nitrogens with one attached hydrogen (secondary N) is 1. The average molecular weight is 486 g/mol. The molecule has 1 N–H and O–H groups in total. The van der Waals surface area contributed by atoms with Crippen molar-refractivity contribution in [3.05, 3.63) is 65.9 Å². The summed E-state index contributed by atoms with van der Waals surface area (Å²) in [6.45, 7) is 10.5. The van der Waals surface area contributed by atoms with Gasteiger partial charge in [0.05, 0.1) is 0 Å². The molecule has 1 unspecified atom stereocenters. The number of aromatic amines is 1. The topological polar surface area (TPSA) is 90.4 Å². The number of nitrogens with zero attached hydrogens (tertiary/aromatic N) is 6. The Balaban J connectivity index is 1.49. The number of benzene rings is 2. The molecular weight excluding hydrogens is 450 g/mol. The van der Waals surface area contributed by atoms with Crippen LogP contribution in [0.15, 0.2) is 65.3 Å². The molecular formula is C28H35N7O. The van der Waals surface area contributed by atoms with Gasteiger partial charge in [0.25, 0.3) is 0 Å². The molecule has 2 aromatic carbocycles. The Bertz CT molecular complexity index is 1210. The minimum atomic E-state index is 0.103. The Morgan fingerprint density at radius 1 is 1.03 bits per heavy atom. The number of amides is 1. The molecule has 0 aliphatic carbocycles. The first kappa shape index (κ1) is 25.3. The first-order valence-electron chi connectivity index (χ1n) is 12.7. The van der Waals surface area contributed by atoms with Crippen LogP contribution in [0, 0.1) is 0 Å². The second-order valence-electron chi connectivity index (χ2n) is 8.97. The number of carbonyl (C=O) groups excluding carboxylic acids is 1. The monoisotopic (exact) mass is 485 g/mol. The summed E-state index contributed by atoms with van der Waals surface area (Å²) >= 11 is 0. The smallest absolute Gasteiger partial charge is 0.222 e. The van der Waals surface area contributed by atoms with Gasteiger partial charge in [0, 0.05) is 43.5 Å². The van der Waals surface area contributed by atoms with Gasteiger partial charge >= 0.3 is 0 Å². The Labute approximate surface area is 213 Å². The Kier molecular flexibility index (Phi) is 8.25. The second-order valence-corrected chi connectivity index (χ2v) is 8.97. The summed E-state index contributed by atoms with van der Waals surface area (Å²) in [5, 5.41) is 14.5. The molecule has 3 aromatic rings. The van der Waals surface area contributed by atoms with Gasteiger partial charge in [-0.1, -0.05) is 55.5 Å². The highest BCUT2D eigenvalue weighted by molar-refractivity contribution is 5.99. The Morgan fingerprint density at radius 2 is 1.75 bits per heavy atom. The summed E-state index contributed by atoms with van der Waals surface area (Å²) in [7, 11) is 0. The number of rotatable bonds is 10. The maximum Gasteiger partial charge on any atom is 0.222 e. The average Bonchev–Trinajstić information content (AvgIpc) is 3.45. The van der Waals surface area contributed by atoms with Gasteiger partial charge in [0.2, 0.25) is 11.7 Å². The highest BCUT2D eigenvalue weighted by atomic mass is 16.2. The first-order valence-corrected chi connectivity index (χ1v) is 12.7. The summed E-state index contributed by atoms with van der Waals surface area (Å²) in [6.07, 6.45) is 4.47. The molecule has 36 heavy (non-hydrogen) atoms. The van der Waals surface area contributed by atoms with E-state index < -0.39 is 0 Å². The van der Waals surface area contributed by atoms with Crippen LogP contribution >= 0.6 is 0 Å². The van der Waals surface area contributed by atoms with Crippen LogP contribution in [0.1, 0.15) is 52.5 Å². The zero-order valence-corrected chi connectivity index (χ0v) is 21.6. The van der Waals surface area contributed by atoms with Gasteiger partial charge < -0.3 is 9.80 Å². The van der Waals surface area contributed by atoms with E-state index in [4.69, 9.17) is 4.99 Å². The zero-order valence-electron chi connectivity index (χ0n) is 21.6. The molecule has 0 saturated heterocycles. The Hall–Kier alpha value is -3.81. The molecule has 1 aliphatic heterocycles. The fourth-order valence-electron chi connectivity index (χ4n) is 4.66. The van der Waals surface area contributed by atoms with Crippen LogP contribution in [0.5, 0.6) is 0 Å². The van der Waals surface area contributed by atoms with Crippen molar-refractivity contribution in [1.29, 1.82) is 0 Å². The molecule has 0 spiro atoms. The van der Waals surface area contributed by atoms with Crippen molar-refractivity contribution in [1.82, 2.24) is 30.4 Å². The van der Waals surface area contributed by atoms with Crippen molar-refractivity contribution in [3.63, 3.8) is 0 Å². The summed E-state index contributed by atoms with van der Waals surface area (Å²) in [4.78, 5) is 21.7. The highest BCUT2D eigenvalue weighted by Gasteiger charge is 2.21. The van der Waals surface area contributed by atoms with Gasteiger partial charge in [0.15, 0.2) is 0 Å². The number of aliphatic imine (C=N–C) groups is 1. The molecule has 1 aliphatic rings. The number of hydrogen-bond acceptors (Lipinski definition) is 6. The normalized spacial score (nSPS) is 15.4. The van der Waals surface area contributed by atoms with E-state index >= 15 is 0 Å². The summed E-state index contributed by atoms with van der Waals surface area (Å²) < 4.78 is 0. The van der Waals surface area contributed by atoms with E-state index in [1.807, 2.05) is 36.9 Å². The van der Waals surface area contributed by atoms with E-state index in [9.17, 15) is 4.79 Å². The molecule has 4 rings (SSSR count). The fraction of sp³-hybridized carbons (Fsp3) is 0.393. The molecule has 1 amide bonds. The largest absolute Gasteiger partial charge is 0.351 e.